The molecule has 0 bridgehead atoms. The van der Waals surface area contributed by atoms with E-state index >= 15 is 0 Å². The van der Waals surface area contributed by atoms with E-state index in [4.69, 9.17) is 5.73 Å². The Bertz CT molecular complexity index is 307. The smallest absolute Gasteiger partial charge is 0.222 e. The lowest BCUT2D eigenvalue weighted by molar-refractivity contribution is -0.124. The number of hydrogen-bond donors (Lipinski definition) is 2. The Morgan fingerprint density at radius 2 is 1.68 bits per heavy atom. The molecule has 0 saturated heterocycles. The van der Waals surface area contributed by atoms with Crippen LogP contribution in [0.15, 0.2) is 0 Å². The summed E-state index contributed by atoms with van der Waals surface area (Å²) in [6, 6.07) is 0.239. The molecule has 1 amide bonds. The van der Waals surface area contributed by atoms with Gasteiger partial charge in [0.05, 0.1) is 0 Å². The molecule has 0 spiro atoms. The summed E-state index contributed by atoms with van der Waals surface area (Å²) < 4.78 is 0. The Labute approximate surface area is 118 Å². The summed E-state index contributed by atoms with van der Waals surface area (Å²) >= 11 is 0. The van der Waals surface area contributed by atoms with Gasteiger partial charge >= 0.3 is 0 Å². The van der Waals surface area contributed by atoms with Crippen LogP contribution in [0.2, 0.25) is 0 Å². The highest BCUT2D eigenvalue weighted by Gasteiger charge is 2.64. The highest BCUT2D eigenvalue weighted by molar-refractivity contribution is 5.78. The van der Waals surface area contributed by atoms with E-state index in [-0.39, 0.29) is 17.9 Å². The minimum atomic E-state index is 0.101. The van der Waals surface area contributed by atoms with Crippen molar-refractivity contribution in [2.24, 2.45) is 28.4 Å². The third kappa shape index (κ3) is 3.71. The first-order chi connectivity index (χ1) is 8.60. The van der Waals surface area contributed by atoms with Crippen LogP contribution < -0.4 is 11.1 Å². The molecule has 112 valence electrons. The number of carbonyl (C=O) groups excluding carboxylic acids is 1. The average molecular weight is 268 g/mol. The molecular weight excluding hydrogens is 236 g/mol. The fourth-order valence-corrected chi connectivity index (χ4v) is 3.10. The van der Waals surface area contributed by atoms with Crippen molar-refractivity contribution in [1.82, 2.24) is 5.32 Å². The second kappa shape index (κ2) is 5.82. The summed E-state index contributed by atoms with van der Waals surface area (Å²) in [5, 5.41) is 3.12. The minimum absolute atomic E-state index is 0.101. The van der Waals surface area contributed by atoms with Crippen molar-refractivity contribution in [3.05, 3.63) is 0 Å². The standard InChI is InChI=1S/C16H32N2O/c1-11(8-7-9-12(2)17)14(19)18-10-13-15(3,4)16(13,5)6/h11-13H,7-10,17H2,1-6H3,(H,18,19). The zero-order valence-electron chi connectivity index (χ0n) is 13.5. The summed E-state index contributed by atoms with van der Waals surface area (Å²) in [6.45, 7) is 14.0. The van der Waals surface area contributed by atoms with Crippen molar-refractivity contribution in [1.29, 1.82) is 0 Å². The van der Waals surface area contributed by atoms with E-state index in [0.717, 1.165) is 25.8 Å². The zero-order valence-corrected chi connectivity index (χ0v) is 13.5. The van der Waals surface area contributed by atoms with E-state index in [0.29, 0.717) is 16.7 Å². The van der Waals surface area contributed by atoms with Crippen molar-refractivity contribution < 1.29 is 4.79 Å². The molecule has 0 radical (unpaired) electrons. The molecule has 0 heterocycles. The fraction of sp³-hybridized carbons (Fsp3) is 0.938. The molecule has 1 aliphatic rings. The predicted molar refractivity (Wildman–Crippen MR) is 80.7 cm³/mol. The van der Waals surface area contributed by atoms with Gasteiger partial charge in [-0.2, -0.15) is 0 Å². The largest absolute Gasteiger partial charge is 0.356 e. The van der Waals surface area contributed by atoms with Gasteiger partial charge in [0.15, 0.2) is 0 Å². The third-order valence-electron chi connectivity index (χ3n) is 5.54. The predicted octanol–water partition coefficient (Wildman–Crippen LogP) is 2.94. The summed E-state index contributed by atoms with van der Waals surface area (Å²) in [5.74, 6) is 0.895. The van der Waals surface area contributed by atoms with Crippen molar-refractivity contribution in [2.45, 2.75) is 66.8 Å². The number of carbonyl (C=O) groups is 1. The molecular formula is C16H32N2O. The topological polar surface area (TPSA) is 55.1 Å². The summed E-state index contributed by atoms with van der Waals surface area (Å²) in [5.41, 5.74) is 6.41. The first kappa shape index (κ1) is 16.5. The summed E-state index contributed by atoms with van der Waals surface area (Å²) in [4.78, 5) is 12.0. The van der Waals surface area contributed by atoms with Gasteiger partial charge in [-0.1, -0.05) is 41.0 Å². The van der Waals surface area contributed by atoms with Crippen LogP contribution in [-0.4, -0.2) is 18.5 Å². The molecule has 3 N–H and O–H groups in total. The maximum atomic E-state index is 12.0. The SMILES string of the molecule is CC(N)CCCC(C)C(=O)NCC1C(C)(C)C1(C)C. The molecule has 3 heteroatoms. The van der Waals surface area contributed by atoms with Crippen molar-refractivity contribution in [3.8, 4) is 0 Å². The first-order valence-electron chi connectivity index (χ1n) is 7.64. The maximum absolute atomic E-state index is 12.0. The maximum Gasteiger partial charge on any atom is 0.222 e. The van der Waals surface area contributed by atoms with Crippen LogP contribution in [0.1, 0.15) is 60.8 Å². The van der Waals surface area contributed by atoms with Gasteiger partial charge in [-0.15, -0.1) is 0 Å². The van der Waals surface area contributed by atoms with Crippen LogP contribution in [-0.2, 0) is 4.79 Å². The Balaban J connectivity index is 2.25. The van der Waals surface area contributed by atoms with Crippen LogP contribution in [0.25, 0.3) is 0 Å². The van der Waals surface area contributed by atoms with E-state index in [1.54, 1.807) is 0 Å². The highest BCUT2D eigenvalue weighted by Crippen LogP contribution is 2.67. The van der Waals surface area contributed by atoms with Crippen LogP contribution in [0, 0.1) is 22.7 Å². The summed E-state index contributed by atoms with van der Waals surface area (Å²) in [7, 11) is 0. The van der Waals surface area contributed by atoms with E-state index in [2.05, 4.69) is 33.0 Å². The van der Waals surface area contributed by atoms with Gasteiger partial charge in [0.2, 0.25) is 5.91 Å². The van der Waals surface area contributed by atoms with E-state index < -0.39 is 0 Å². The quantitative estimate of drug-likeness (QED) is 0.746. The Hall–Kier alpha value is -0.570. The number of nitrogens with two attached hydrogens (primary N) is 1. The molecule has 1 fully saturated rings. The van der Waals surface area contributed by atoms with Gasteiger partial charge in [0.1, 0.15) is 0 Å². The van der Waals surface area contributed by atoms with Gasteiger partial charge in [0.25, 0.3) is 0 Å². The first-order valence-corrected chi connectivity index (χ1v) is 7.64. The van der Waals surface area contributed by atoms with Crippen molar-refractivity contribution in [2.75, 3.05) is 6.54 Å². The number of rotatable bonds is 7. The molecule has 1 aliphatic carbocycles. The number of nitrogens with one attached hydrogen (secondary N) is 1. The molecule has 0 aromatic carbocycles. The Morgan fingerprint density at radius 1 is 1.16 bits per heavy atom. The minimum Gasteiger partial charge on any atom is -0.356 e. The Morgan fingerprint density at radius 3 is 2.11 bits per heavy atom. The molecule has 3 nitrogen and oxygen atoms in total. The monoisotopic (exact) mass is 268 g/mol. The number of hydrogen-bond acceptors (Lipinski definition) is 2. The van der Waals surface area contributed by atoms with Crippen LogP contribution in [0.3, 0.4) is 0 Å². The second-order valence-corrected chi connectivity index (χ2v) is 7.55. The van der Waals surface area contributed by atoms with Crippen molar-refractivity contribution in [3.63, 3.8) is 0 Å². The van der Waals surface area contributed by atoms with Gasteiger partial charge in [-0.05, 0) is 36.5 Å². The molecule has 2 unspecified atom stereocenters. The van der Waals surface area contributed by atoms with Crippen molar-refractivity contribution >= 4 is 5.91 Å². The number of amides is 1. The highest BCUT2D eigenvalue weighted by atomic mass is 16.1. The molecule has 0 aliphatic heterocycles. The normalized spacial score (nSPS) is 23.7. The van der Waals surface area contributed by atoms with E-state index in [1.165, 1.54) is 0 Å². The molecule has 0 aromatic heterocycles. The van der Waals surface area contributed by atoms with Crippen LogP contribution >= 0.6 is 0 Å². The van der Waals surface area contributed by atoms with Crippen LogP contribution in [0.4, 0.5) is 0 Å². The summed E-state index contributed by atoms with van der Waals surface area (Å²) in [6.07, 6.45) is 2.97. The van der Waals surface area contributed by atoms with Gasteiger partial charge in [-0.3, -0.25) is 4.79 Å². The molecule has 2 atom stereocenters. The lowest BCUT2D eigenvalue weighted by Crippen LogP contribution is -2.32. The molecule has 0 aromatic rings. The zero-order chi connectivity index (χ0) is 14.8. The van der Waals surface area contributed by atoms with E-state index in [1.807, 2.05) is 13.8 Å². The van der Waals surface area contributed by atoms with Crippen LogP contribution in [0.5, 0.6) is 0 Å². The van der Waals surface area contributed by atoms with E-state index in [9.17, 15) is 4.79 Å². The molecule has 19 heavy (non-hydrogen) atoms. The average Bonchev–Trinajstić information content (AvgIpc) is 2.65. The second-order valence-electron chi connectivity index (χ2n) is 7.55. The van der Waals surface area contributed by atoms with Gasteiger partial charge in [0, 0.05) is 18.5 Å². The fourth-order valence-electron chi connectivity index (χ4n) is 3.10. The molecule has 1 rings (SSSR count). The lowest BCUT2D eigenvalue weighted by Gasteiger charge is -2.13. The van der Waals surface area contributed by atoms with Gasteiger partial charge < -0.3 is 11.1 Å². The lowest BCUT2D eigenvalue weighted by atomic mass is 10.0. The van der Waals surface area contributed by atoms with Gasteiger partial charge in [-0.25, -0.2) is 0 Å². The third-order valence-corrected chi connectivity index (χ3v) is 5.54. The molecule has 1 saturated carbocycles. The Kier molecular flexibility index (Phi) is 5.05.